The second kappa shape index (κ2) is 3.95. The van der Waals surface area contributed by atoms with E-state index in [0.29, 0.717) is 0 Å². The van der Waals surface area contributed by atoms with Crippen molar-refractivity contribution in [2.45, 2.75) is 0 Å². The van der Waals surface area contributed by atoms with Gasteiger partial charge in [-0.15, -0.1) is 0 Å². The number of nitrogens with one attached hydrogen (secondary N) is 2. The predicted molar refractivity (Wildman–Crippen MR) is 59.2 cm³/mol. The van der Waals surface area contributed by atoms with Gasteiger partial charge in [0.1, 0.15) is 11.6 Å². The van der Waals surface area contributed by atoms with Crippen molar-refractivity contribution in [3.8, 4) is 5.69 Å². The van der Waals surface area contributed by atoms with E-state index in [0.717, 1.165) is 16.7 Å². The largest absolute Gasteiger partial charge is 0.347 e. The van der Waals surface area contributed by atoms with E-state index in [-0.39, 0.29) is 14.9 Å². The van der Waals surface area contributed by atoms with Crippen LogP contribution >= 0.6 is 28.1 Å². The molecule has 0 spiro atoms. The quantitative estimate of drug-likeness (QED) is 0.627. The molecule has 0 saturated heterocycles. The number of H-pyrrole nitrogens is 2. The van der Waals surface area contributed by atoms with Crippen LogP contribution in [0.25, 0.3) is 5.69 Å². The molecule has 84 valence electrons. The lowest BCUT2D eigenvalue weighted by atomic mass is 10.3. The first-order valence-corrected chi connectivity index (χ1v) is 5.25. The summed E-state index contributed by atoms with van der Waals surface area (Å²) in [6, 6.07) is 1.82. The highest BCUT2D eigenvalue weighted by molar-refractivity contribution is 9.10. The van der Waals surface area contributed by atoms with Gasteiger partial charge in [0.25, 0.3) is 0 Å². The Morgan fingerprint density at radius 3 is 2.50 bits per heavy atom. The number of hydrogen-bond donors (Lipinski definition) is 2. The standard InChI is InChI=1S/C8H4BrF2N3OS/c9-3-1-5(11)6(2-4(3)10)14-7(15)12-13-8(14)16/h1-2H,(H,12,15)(H,13,16). The van der Waals surface area contributed by atoms with Crippen molar-refractivity contribution >= 4 is 28.1 Å². The highest BCUT2D eigenvalue weighted by atomic mass is 79.9. The van der Waals surface area contributed by atoms with E-state index in [1.165, 1.54) is 0 Å². The third-order valence-corrected chi connectivity index (χ3v) is 2.81. The van der Waals surface area contributed by atoms with E-state index < -0.39 is 17.3 Å². The summed E-state index contributed by atoms with van der Waals surface area (Å²) in [5.41, 5.74) is -0.904. The number of nitrogens with zero attached hydrogens (tertiary/aromatic N) is 1. The fourth-order valence-electron chi connectivity index (χ4n) is 1.21. The zero-order chi connectivity index (χ0) is 11.9. The first-order valence-electron chi connectivity index (χ1n) is 4.05. The number of aromatic amines is 2. The average Bonchev–Trinajstić information content (AvgIpc) is 2.53. The van der Waals surface area contributed by atoms with Crippen molar-refractivity contribution < 1.29 is 8.78 Å². The normalized spacial score (nSPS) is 10.7. The monoisotopic (exact) mass is 307 g/mol. The van der Waals surface area contributed by atoms with Crippen LogP contribution in [0.4, 0.5) is 8.78 Å². The van der Waals surface area contributed by atoms with Crippen LogP contribution in [0.3, 0.4) is 0 Å². The summed E-state index contributed by atoms with van der Waals surface area (Å²) in [7, 11) is 0. The SMILES string of the molecule is O=c1[nH][nH]c(=S)n1-c1cc(F)c(Br)cc1F. The van der Waals surface area contributed by atoms with Crippen molar-refractivity contribution in [3.05, 3.63) is 43.5 Å². The van der Waals surface area contributed by atoms with Crippen LogP contribution < -0.4 is 5.69 Å². The van der Waals surface area contributed by atoms with Gasteiger partial charge < -0.3 is 0 Å². The third-order valence-electron chi connectivity index (χ3n) is 1.91. The van der Waals surface area contributed by atoms with Crippen LogP contribution in [0.2, 0.25) is 0 Å². The number of benzene rings is 1. The van der Waals surface area contributed by atoms with Gasteiger partial charge >= 0.3 is 5.69 Å². The fourth-order valence-corrected chi connectivity index (χ4v) is 1.76. The van der Waals surface area contributed by atoms with E-state index in [4.69, 9.17) is 12.2 Å². The first kappa shape index (κ1) is 11.2. The third kappa shape index (κ3) is 1.74. The zero-order valence-electron chi connectivity index (χ0n) is 7.55. The molecule has 1 aromatic heterocycles. The van der Waals surface area contributed by atoms with Gasteiger partial charge in [0.15, 0.2) is 0 Å². The Labute approximate surface area is 101 Å². The predicted octanol–water partition coefficient (Wildman–Crippen LogP) is 2.26. The molecule has 2 aromatic rings. The van der Waals surface area contributed by atoms with E-state index in [9.17, 15) is 13.6 Å². The maximum Gasteiger partial charge on any atom is 0.347 e. The lowest BCUT2D eigenvalue weighted by Gasteiger charge is -2.03. The molecule has 8 heteroatoms. The van der Waals surface area contributed by atoms with Crippen LogP contribution in [-0.2, 0) is 0 Å². The Morgan fingerprint density at radius 1 is 1.25 bits per heavy atom. The van der Waals surface area contributed by atoms with Gasteiger partial charge in [-0.25, -0.2) is 23.2 Å². The number of rotatable bonds is 1. The van der Waals surface area contributed by atoms with E-state index in [1.54, 1.807) is 0 Å². The average molecular weight is 308 g/mol. The number of aromatic nitrogens is 3. The summed E-state index contributed by atoms with van der Waals surface area (Å²) in [5, 5.41) is 4.51. The van der Waals surface area contributed by atoms with Crippen LogP contribution in [0, 0.1) is 16.4 Å². The van der Waals surface area contributed by atoms with Gasteiger partial charge in [-0.1, -0.05) is 0 Å². The smallest absolute Gasteiger partial charge is 0.272 e. The molecule has 0 aliphatic rings. The Kier molecular flexibility index (Phi) is 2.76. The summed E-state index contributed by atoms with van der Waals surface area (Å²) >= 11 is 7.60. The molecule has 0 saturated carbocycles. The van der Waals surface area contributed by atoms with Crippen molar-refractivity contribution in [1.82, 2.24) is 14.8 Å². The highest BCUT2D eigenvalue weighted by Gasteiger charge is 2.12. The lowest BCUT2D eigenvalue weighted by molar-refractivity contribution is 0.585. The Bertz CT molecular complexity index is 633. The summed E-state index contributed by atoms with van der Waals surface area (Å²) in [6.07, 6.45) is 0. The van der Waals surface area contributed by atoms with E-state index in [1.807, 2.05) is 0 Å². The van der Waals surface area contributed by atoms with E-state index >= 15 is 0 Å². The summed E-state index contributed by atoms with van der Waals surface area (Å²) in [4.78, 5) is 11.3. The topological polar surface area (TPSA) is 53.6 Å². The molecule has 1 aromatic carbocycles. The minimum atomic E-state index is -0.755. The molecular weight excluding hydrogens is 304 g/mol. The van der Waals surface area contributed by atoms with Crippen LogP contribution in [0.5, 0.6) is 0 Å². The van der Waals surface area contributed by atoms with Crippen molar-refractivity contribution in [1.29, 1.82) is 0 Å². The molecule has 2 rings (SSSR count). The molecule has 0 atom stereocenters. The second-order valence-electron chi connectivity index (χ2n) is 2.91. The molecule has 2 N–H and O–H groups in total. The molecule has 16 heavy (non-hydrogen) atoms. The summed E-state index contributed by atoms with van der Waals surface area (Å²) in [5.74, 6) is -1.44. The molecule has 0 unspecified atom stereocenters. The van der Waals surface area contributed by atoms with Gasteiger partial charge in [0.2, 0.25) is 4.77 Å². The summed E-state index contributed by atoms with van der Waals surface area (Å²) in [6.45, 7) is 0. The molecule has 0 radical (unpaired) electrons. The molecule has 4 nitrogen and oxygen atoms in total. The van der Waals surface area contributed by atoms with Crippen LogP contribution in [0.1, 0.15) is 0 Å². The Hall–Kier alpha value is -1.28. The number of halogens is 3. The zero-order valence-corrected chi connectivity index (χ0v) is 9.95. The fraction of sp³-hybridized carbons (Fsp3) is 0. The Balaban J connectivity index is 2.80. The number of hydrogen-bond acceptors (Lipinski definition) is 2. The van der Waals surface area contributed by atoms with Gasteiger partial charge in [-0.2, -0.15) is 0 Å². The van der Waals surface area contributed by atoms with Crippen molar-refractivity contribution in [2.24, 2.45) is 0 Å². The molecule has 0 bridgehead atoms. The van der Waals surface area contributed by atoms with Crippen molar-refractivity contribution in [3.63, 3.8) is 0 Å². The minimum Gasteiger partial charge on any atom is -0.272 e. The molecule has 0 aliphatic heterocycles. The molecule has 0 fully saturated rings. The van der Waals surface area contributed by atoms with Gasteiger partial charge in [-0.3, -0.25) is 5.10 Å². The molecular formula is C8H4BrF2N3OS. The van der Waals surface area contributed by atoms with Gasteiger partial charge in [0, 0.05) is 6.07 Å². The Morgan fingerprint density at radius 2 is 1.94 bits per heavy atom. The second-order valence-corrected chi connectivity index (χ2v) is 4.15. The minimum absolute atomic E-state index is 0.0211. The first-order chi connectivity index (χ1) is 7.50. The lowest BCUT2D eigenvalue weighted by Crippen LogP contribution is -2.16. The molecule has 0 aliphatic carbocycles. The van der Waals surface area contributed by atoms with Gasteiger partial charge in [-0.05, 0) is 34.2 Å². The highest BCUT2D eigenvalue weighted by Crippen LogP contribution is 2.21. The van der Waals surface area contributed by atoms with E-state index in [2.05, 4.69) is 26.1 Å². The van der Waals surface area contributed by atoms with Gasteiger partial charge in [0.05, 0.1) is 10.2 Å². The molecule has 0 amide bonds. The maximum atomic E-state index is 13.5. The molecule has 1 heterocycles. The van der Waals surface area contributed by atoms with Crippen molar-refractivity contribution in [2.75, 3.05) is 0 Å². The van der Waals surface area contributed by atoms with Crippen LogP contribution in [0.15, 0.2) is 21.4 Å². The summed E-state index contributed by atoms with van der Waals surface area (Å²) < 4.78 is 27.5. The van der Waals surface area contributed by atoms with Crippen LogP contribution in [-0.4, -0.2) is 14.8 Å². The maximum absolute atomic E-state index is 13.5.